The molecule has 4 aliphatic carbocycles. The molecule has 0 radical (unpaired) electrons. The second-order valence-corrected chi connectivity index (χ2v) is 12.8. The van der Waals surface area contributed by atoms with Gasteiger partial charge in [0.05, 0.1) is 6.10 Å². The van der Waals surface area contributed by atoms with E-state index in [0.29, 0.717) is 16.2 Å². The molecule has 0 spiro atoms. The highest BCUT2D eigenvalue weighted by Gasteiger charge is 2.58. The molecule has 0 saturated heterocycles. The van der Waals surface area contributed by atoms with Crippen molar-refractivity contribution in [2.45, 2.75) is 118 Å². The quantitative estimate of drug-likeness (QED) is 0.391. The number of hydrogen-bond acceptors (Lipinski definition) is 1. The Labute approximate surface area is 174 Å². The van der Waals surface area contributed by atoms with Crippen molar-refractivity contribution < 1.29 is 5.11 Å². The molecule has 0 aromatic carbocycles. The zero-order valence-electron chi connectivity index (χ0n) is 19.4. The first-order valence-electron chi connectivity index (χ1n) is 12.5. The van der Waals surface area contributed by atoms with Crippen LogP contribution >= 0.6 is 0 Å². The Morgan fingerprint density at radius 2 is 1.79 bits per heavy atom. The second-order valence-electron chi connectivity index (χ2n) is 12.8. The Kier molecular flexibility index (Phi) is 5.56. The summed E-state index contributed by atoms with van der Waals surface area (Å²) in [6.45, 7) is 12.4. The molecule has 0 aromatic rings. The summed E-state index contributed by atoms with van der Waals surface area (Å²) in [6.07, 6.45) is 18.6. The molecule has 6 unspecified atom stereocenters. The van der Waals surface area contributed by atoms with Gasteiger partial charge in [-0.2, -0.15) is 0 Å². The summed E-state index contributed by atoms with van der Waals surface area (Å²) in [7, 11) is 0. The maximum atomic E-state index is 10.2. The Bertz CT molecular complexity index is 598. The molecule has 1 nitrogen and oxygen atoms in total. The molecule has 1 N–H and O–H groups in total. The number of fused-ring (bicyclic) bond motifs is 5. The van der Waals surface area contributed by atoms with E-state index in [-0.39, 0.29) is 6.10 Å². The van der Waals surface area contributed by atoms with Gasteiger partial charge in [-0.1, -0.05) is 59.1 Å². The third kappa shape index (κ3) is 3.63. The molecule has 4 rings (SSSR count). The van der Waals surface area contributed by atoms with Gasteiger partial charge in [0.1, 0.15) is 0 Å². The molecule has 0 aromatic heterocycles. The van der Waals surface area contributed by atoms with E-state index in [1.54, 1.807) is 5.57 Å². The molecule has 28 heavy (non-hydrogen) atoms. The average Bonchev–Trinajstić information content (AvgIpc) is 2.95. The van der Waals surface area contributed by atoms with Crippen LogP contribution < -0.4 is 0 Å². The number of allylic oxidation sites excluding steroid dienone is 1. The Morgan fingerprint density at radius 3 is 2.54 bits per heavy atom. The lowest BCUT2D eigenvalue weighted by atomic mass is 9.47. The highest BCUT2D eigenvalue weighted by atomic mass is 16.3. The minimum Gasteiger partial charge on any atom is -0.393 e. The molecule has 7 atom stereocenters. The summed E-state index contributed by atoms with van der Waals surface area (Å²) in [5.74, 6) is 3.74. The number of rotatable bonds is 4. The van der Waals surface area contributed by atoms with Crippen molar-refractivity contribution in [1.29, 1.82) is 0 Å². The van der Waals surface area contributed by atoms with Gasteiger partial charge in [-0.05, 0) is 104 Å². The van der Waals surface area contributed by atoms with E-state index < -0.39 is 0 Å². The van der Waals surface area contributed by atoms with Crippen LogP contribution in [0.15, 0.2) is 11.6 Å². The van der Waals surface area contributed by atoms with Gasteiger partial charge in [-0.15, -0.1) is 0 Å². The smallest absolute Gasteiger partial charge is 0.0577 e. The zero-order valence-corrected chi connectivity index (χ0v) is 19.4. The number of aliphatic hydroxyl groups excluding tert-OH is 1. The topological polar surface area (TPSA) is 20.2 Å². The van der Waals surface area contributed by atoms with Crippen LogP contribution in [0.5, 0.6) is 0 Å². The Morgan fingerprint density at radius 1 is 1.00 bits per heavy atom. The van der Waals surface area contributed by atoms with Gasteiger partial charge in [-0.3, -0.25) is 0 Å². The first-order chi connectivity index (χ1) is 13.1. The third-order valence-corrected chi connectivity index (χ3v) is 10.0. The van der Waals surface area contributed by atoms with Gasteiger partial charge in [0, 0.05) is 0 Å². The van der Waals surface area contributed by atoms with E-state index >= 15 is 0 Å². The molecule has 3 saturated carbocycles. The molecule has 1 heteroatoms. The maximum absolute atomic E-state index is 10.2. The summed E-state index contributed by atoms with van der Waals surface area (Å²) >= 11 is 0. The van der Waals surface area contributed by atoms with Gasteiger partial charge in [-0.25, -0.2) is 0 Å². The fourth-order valence-corrected chi connectivity index (χ4v) is 8.27. The average molecular weight is 387 g/mol. The van der Waals surface area contributed by atoms with Gasteiger partial charge < -0.3 is 5.11 Å². The van der Waals surface area contributed by atoms with Crippen molar-refractivity contribution in [3.63, 3.8) is 0 Å². The third-order valence-electron chi connectivity index (χ3n) is 10.0. The van der Waals surface area contributed by atoms with Crippen molar-refractivity contribution in [2.75, 3.05) is 0 Å². The summed E-state index contributed by atoms with van der Waals surface area (Å²) in [6, 6.07) is 0. The summed E-state index contributed by atoms with van der Waals surface area (Å²) in [4.78, 5) is 0. The minimum absolute atomic E-state index is 0.0753. The molecule has 0 heterocycles. The number of unbranched alkanes of at least 4 members (excludes halogenated alkanes) is 1. The molecule has 0 bridgehead atoms. The Hall–Kier alpha value is -0.300. The molecular formula is C27H46O. The lowest BCUT2D eigenvalue weighted by molar-refractivity contribution is -0.0509. The summed E-state index contributed by atoms with van der Waals surface area (Å²) < 4.78 is 0. The van der Waals surface area contributed by atoms with E-state index in [2.05, 4.69) is 40.7 Å². The fourth-order valence-electron chi connectivity index (χ4n) is 8.27. The van der Waals surface area contributed by atoms with Gasteiger partial charge in [0.2, 0.25) is 0 Å². The van der Waals surface area contributed by atoms with Crippen LogP contribution in [0.4, 0.5) is 0 Å². The highest BCUT2D eigenvalue weighted by molar-refractivity contribution is 5.25. The monoisotopic (exact) mass is 386 g/mol. The first kappa shape index (κ1) is 21.0. The van der Waals surface area contributed by atoms with Crippen LogP contribution in [0.2, 0.25) is 0 Å². The maximum Gasteiger partial charge on any atom is 0.0577 e. The molecule has 0 aliphatic heterocycles. The van der Waals surface area contributed by atoms with Crippen molar-refractivity contribution in [1.82, 2.24) is 0 Å². The zero-order chi connectivity index (χ0) is 20.2. The van der Waals surface area contributed by atoms with E-state index in [4.69, 9.17) is 0 Å². The minimum atomic E-state index is -0.0753. The predicted molar refractivity (Wildman–Crippen MR) is 119 cm³/mol. The van der Waals surface area contributed by atoms with Gasteiger partial charge in [0.15, 0.2) is 0 Å². The first-order valence-corrected chi connectivity index (χ1v) is 12.5. The molecule has 3 fully saturated rings. The lowest BCUT2D eigenvalue weighted by Gasteiger charge is -2.58. The lowest BCUT2D eigenvalue weighted by Crippen LogP contribution is -2.50. The van der Waals surface area contributed by atoms with E-state index in [0.717, 1.165) is 36.5 Å². The normalized spacial score (nSPS) is 45.8. The van der Waals surface area contributed by atoms with E-state index in [1.165, 1.54) is 64.2 Å². The van der Waals surface area contributed by atoms with Crippen LogP contribution in [0, 0.1) is 39.9 Å². The van der Waals surface area contributed by atoms with Crippen LogP contribution in [0.25, 0.3) is 0 Å². The standard InChI is InChI=1S/C27H46O/c1-25(2,3)15-7-6-8-19-10-12-23-22-11-9-20-18-21(28)13-16-27(20,5)24(22)14-17-26(19,23)4/h9,19,21-24,28H,6-8,10-18H2,1-5H3/t19-,21?,22?,23?,24?,26?,27?/m0/s1. The second kappa shape index (κ2) is 7.44. The molecule has 0 amide bonds. The summed E-state index contributed by atoms with van der Waals surface area (Å²) in [5.41, 5.74) is 3.12. The Balaban J connectivity index is 1.43. The van der Waals surface area contributed by atoms with Crippen LogP contribution in [-0.2, 0) is 0 Å². The molecule has 4 aliphatic rings. The molecular weight excluding hydrogens is 340 g/mol. The summed E-state index contributed by atoms with van der Waals surface area (Å²) in [5, 5.41) is 10.2. The predicted octanol–water partition coefficient (Wildman–Crippen LogP) is 7.53. The van der Waals surface area contributed by atoms with Crippen molar-refractivity contribution in [2.24, 2.45) is 39.9 Å². The number of aliphatic hydroxyl groups is 1. The van der Waals surface area contributed by atoms with Crippen molar-refractivity contribution in [3.05, 3.63) is 11.6 Å². The highest BCUT2D eigenvalue weighted by Crippen LogP contribution is 2.66. The van der Waals surface area contributed by atoms with Crippen LogP contribution in [0.3, 0.4) is 0 Å². The SMILES string of the molecule is CC(C)(C)CCCC[C@H]1CCC2C3CC=C4CC(O)CCC4(C)C3CCC21C. The van der Waals surface area contributed by atoms with Gasteiger partial charge >= 0.3 is 0 Å². The van der Waals surface area contributed by atoms with E-state index in [9.17, 15) is 5.11 Å². The van der Waals surface area contributed by atoms with Crippen LogP contribution in [0.1, 0.15) is 112 Å². The van der Waals surface area contributed by atoms with Crippen molar-refractivity contribution in [3.8, 4) is 0 Å². The van der Waals surface area contributed by atoms with E-state index in [1.807, 2.05) is 0 Å². The fraction of sp³-hybridized carbons (Fsp3) is 0.926. The molecule has 160 valence electrons. The largest absolute Gasteiger partial charge is 0.393 e. The van der Waals surface area contributed by atoms with Gasteiger partial charge in [0.25, 0.3) is 0 Å². The van der Waals surface area contributed by atoms with Crippen molar-refractivity contribution >= 4 is 0 Å². The number of hydrogen-bond donors (Lipinski definition) is 1. The van der Waals surface area contributed by atoms with Crippen LogP contribution in [-0.4, -0.2) is 11.2 Å².